The molecule has 0 radical (unpaired) electrons. The van der Waals surface area contributed by atoms with E-state index in [1.54, 1.807) is 67.0 Å². The maximum atomic E-state index is 14.5. The molecule has 32 heteroatoms. The van der Waals surface area contributed by atoms with Crippen molar-refractivity contribution in [1.29, 1.82) is 0 Å². The van der Waals surface area contributed by atoms with Crippen LogP contribution in [-0.2, 0) is 30.1 Å². The lowest BCUT2D eigenvalue weighted by molar-refractivity contribution is 0.0972. The number of carbonyl (C=O) groups is 3. The van der Waals surface area contributed by atoms with Crippen molar-refractivity contribution in [3.63, 3.8) is 0 Å². The fourth-order valence-corrected chi connectivity index (χ4v) is 17.5. The van der Waals surface area contributed by atoms with E-state index < -0.39 is 53.6 Å². The Bertz CT molecular complexity index is 5410. The summed E-state index contributed by atoms with van der Waals surface area (Å²) in [4.78, 5) is 77.2. The second-order valence-electron chi connectivity index (χ2n) is 31.8. The van der Waals surface area contributed by atoms with Crippen LogP contribution in [0.3, 0.4) is 0 Å². The van der Waals surface area contributed by atoms with E-state index >= 15 is 0 Å². The Morgan fingerprint density at radius 2 is 1.02 bits per heavy atom. The van der Waals surface area contributed by atoms with Crippen LogP contribution < -0.4 is 60.3 Å². The van der Waals surface area contributed by atoms with Crippen molar-refractivity contribution in [2.24, 2.45) is 34.5 Å². The number of benzene rings is 2. The predicted octanol–water partition coefficient (Wildman–Crippen LogP) is 12.2. The van der Waals surface area contributed by atoms with E-state index in [1.807, 2.05) is 53.7 Å². The Morgan fingerprint density at radius 1 is 0.544 bits per heavy atom. The van der Waals surface area contributed by atoms with Gasteiger partial charge in [-0.25, -0.2) is 61.9 Å². The van der Waals surface area contributed by atoms with E-state index in [0.29, 0.717) is 95.1 Å². The van der Waals surface area contributed by atoms with Crippen molar-refractivity contribution in [3.8, 4) is 51.3 Å². The first-order valence-corrected chi connectivity index (χ1v) is 42.4. The third kappa shape index (κ3) is 19.6. The number of aromatic nitrogens is 7. The number of pyridine rings is 7. The number of fused-ring (bicyclic) bond motifs is 1. The quantitative estimate of drug-likeness (QED) is 0.0324. The molecule has 3 aliphatic heterocycles. The zero-order valence-corrected chi connectivity index (χ0v) is 68.0. The zero-order valence-electron chi connectivity index (χ0n) is 65.5. The molecule has 9 aromatic rings. The molecule has 3 saturated heterocycles. The summed E-state index contributed by atoms with van der Waals surface area (Å²) in [6.07, 6.45) is 9.37. The monoisotopic (exact) mass is 1610 g/mol. The standard InChI is InChI=1S/C28H32FN5O4S.C28H35N5O4S.C26H30N6O4S/c1-17(2)16-38-21-14-19(13-20(29)15-21)23-11-10-22(27(31-23)34-12-4-5-24(34)18-8-9-18)28(35)33-39(36,37)26-7-3-6-25(30)32-26;1-18(2)37-25-14-11-19(17-30-25)23-13-12-22(26(31-23)33-15-7-10-24(33)28(3,4)5)27(34)32-38(35,36)21-9-6-8-20(29)16-21;1-15(2)36-22-11-8-16(12-28-22)20-10-9-17(24(29-20)32-13-18-19(14-32)26(18,3)4)25(33)31-37(34,35)23-7-5-6-21(27)30-23/h3,6-7,10-11,13-15,17-18,24H,4-5,8-9,12,16H2,1-2H3,(H2,30,32)(H,33,35);6,8-9,11-14,16-18,24H,7,10,15,29H2,1-5H3,(H,32,34);5-12,15,18-19H,13-14H2,1-4H3,(H2,27,30)(H,31,33). The molecule has 7 aromatic heterocycles. The molecule has 3 amide bonds. The van der Waals surface area contributed by atoms with E-state index in [2.05, 4.69) is 83.4 Å². The fraction of sp³-hybridized carbons (Fsp3) is 0.390. The molecule has 28 nitrogen and oxygen atoms in total. The molecule has 0 bridgehead atoms. The van der Waals surface area contributed by atoms with Gasteiger partial charge >= 0.3 is 0 Å². The number of sulfonamides is 3. The van der Waals surface area contributed by atoms with Crippen molar-refractivity contribution in [3.05, 3.63) is 174 Å². The van der Waals surface area contributed by atoms with E-state index in [1.165, 1.54) is 72.8 Å². The topological polar surface area (TPSA) is 395 Å². The summed E-state index contributed by atoms with van der Waals surface area (Å²) in [6.45, 7) is 26.0. The van der Waals surface area contributed by atoms with E-state index in [0.717, 1.165) is 62.7 Å². The van der Waals surface area contributed by atoms with Crippen molar-refractivity contribution in [1.82, 2.24) is 49.1 Å². The maximum Gasteiger partial charge on any atom is 0.281 e. The molecule has 2 aromatic carbocycles. The number of ether oxygens (including phenoxy) is 3. The third-order valence-corrected chi connectivity index (χ3v) is 24.3. The molecular weight excluding hydrogens is 1520 g/mol. The average Bonchev–Trinajstić information content (AvgIpc) is 1.54. The number of amides is 3. The lowest BCUT2D eigenvalue weighted by atomic mass is 9.85. The van der Waals surface area contributed by atoms with Crippen molar-refractivity contribution >= 4 is 82.6 Å². The lowest BCUT2D eigenvalue weighted by Crippen LogP contribution is -2.41. The number of hydrogen-bond donors (Lipinski definition) is 6. The van der Waals surface area contributed by atoms with Gasteiger partial charge in [0.2, 0.25) is 11.8 Å². The molecular formula is C82H97FN16O12S3. The number of nitrogen functional groups attached to an aromatic ring is 3. The summed E-state index contributed by atoms with van der Waals surface area (Å²) in [6, 6.07) is 36.0. The number of nitrogens with two attached hydrogens (primary N) is 3. The first-order chi connectivity index (χ1) is 53.9. The molecule has 2 saturated carbocycles. The fourth-order valence-electron chi connectivity index (χ4n) is 14.6. The van der Waals surface area contributed by atoms with Gasteiger partial charge in [-0.1, -0.05) is 66.7 Å². The Hall–Kier alpha value is -11.1. The van der Waals surface area contributed by atoms with Crippen molar-refractivity contribution in [2.45, 2.75) is 154 Å². The minimum atomic E-state index is -4.28. The van der Waals surface area contributed by atoms with Crippen LogP contribution in [0.4, 0.5) is 39.2 Å². The van der Waals surface area contributed by atoms with Gasteiger partial charge in [0.05, 0.1) is 57.5 Å². The van der Waals surface area contributed by atoms with Gasteiger partial charge in [0, 0.05) is 91.2 Å². The first kappa shape index (κ1) is 82.3. The van der Waals surface area contributed by atoms with Gasteiger partial charge in [-0.3, -0.25) is 14.4 Å². The smallest absolute Gasteiger partial charge is 0.281 e. The number of rotatable bonds is 23. The highest BCUT2D eigenvalue weighted by Gasteiger charge is 2.62. The molecule has 0 spiro atoms. The van der Waals surface area contributed by atoms with Crippen LogP contribution in [0.25, 0.3) is 33.8 Å². The maximum absolute atomic E-state index is 14.5. The third-order valence-electron chi connectivity index (χ3n) is 20.5. The summed E-state index contributed by atoms with van der Waals surface area (Å²) in [5.74, 6) is 1.72. The number of hydrogen-bond acceptors (Lipinski definition) is 25. The summed E-state index contributed by atoms with van der Waals surface area (Å²) < 4.78 is 115. The van der Waals surface area contributed by atoms with E-state index in [-0.39, 0.29) is 90.0 Å². The van der Waals surface area contributed by atoms with Gasteiger partial charge in [-0.15, -0.1) is 0 Å². The minimum absolute atomic E-state index is 0.00368. The average molecular weight is 1610 g/mol. The molecule has 4 atom stereocenters. The molecule has 2 aliphatic carbocycles. The second-order valence-corrected chi connectivity index (χ2v) is 36.7. The van der Waals surface area contributed by atoms with Crippen molar-refractivity contribution < 1.29 is 58.2 Å². The number of piperidine rings is 1. The van der Waals surface area contributed by atoms with Crippen LogP contribution in [0, 0.1) is 40.3 Å². The molecule has 5 fully saturated rings. The molecule has 4 unspecified atom stereocenters. The largest absolute Gasteiger partial charge is 0.493 e. The number of halogens is 1. The van der Waals surface area contributed by atoms with Gasteiger partial charge in [0.25, 0.3) is 47.8 Å². The van der Waals surface area contributed by atoms with Gasteiger partial charge in [-0.05, 0) is 204 Å². The number of carbonyl (C=O) groups excluding carboxylic acids is 3. The number of nitrogens with one attached hydrogen (secondary N) is 3. The number of anilines is 6. The molecule has 5 aliphatic rings. The van der Waals surface area contributed by atoms with Crippen LogP contribution in [0.15, 0.2) is 167 Å². The second kappa shape index (κ2) is 33.5. The van der Waals surface area contributed by atoms with Crippen LogP contribution in [0.1, 0.15) is 146 Å². The van der Waals surface area contributed by atoms with Gasteiger partial charge in [0.1, 0.15) is 40.7 Å². The Labute approximate surface area is 664 Å². The normalized spacial score (nSPS) is 17.8. The lowest BCUT2D eigenvalue weighted by Gasteiger charge is -2.36. The highest BCUT2D eigenvalue weighted by atomic mass is 32.2. The summed E-state index contributed by atoms with van der Waals surface area (Å²) >= 11 is 0. The van der Waals surface area contributed by atoms with Gasteiger partial charge in [-0.2, -0.15) is 16.8 Å². The minimum Gasteiger partial charge on any atom is -0.493 e. The van der Waals surface area contributed by atoms with Crippen LogP contribution in [-0.4, -0.2) is 135 Å². The number of nitrogens with zero attached hydrogens (tertiary/aromatic N) is 10. The summed E-state index contributed by atoms with van der Waals surface area (Å²) in [7, 11) is -12.6. The Balaban J connectivity index is 0.000000158. The van der Waals surface area contributed by atoms with E-state index in [9.17, 15) is 44.0 Å². The first-order valence-electron chi connectivity index (χ1n) is 37.9. The molecule has 10 heterocycles. The Kier molecular flexibility index (Phi) is 24.2. The zero-order chi connectivity index (χ0) is 81.9. The van der Waals surface area contributed by atoms with Gasteiger partial charge < -0.3 is 46.1 Å². The SMILES string of the molecule is CC(C)COc1cc(F)cc(-c2ccc(C(=O)NS(=O)(=O)c3cccc(N)n3)c(N3CCCC3C3CC3)n2)c1.CC(C)Oc1ccc(-c2ccc(C(=O)NS(=O)(=O)c3cccc(N)c3)c(N3CCCC3C(C)(C)C)n2)cn1.CC(C)Oc1ccc(-c2ccc(C(=O)NS(=O)(=O)c3cccc(N)n3)c(N3CC4C(C3)C4(C)C)n2)cn1. The highest BCUT2D eigenvalue weighted by Crippen LogP contribution is 2.62. The van der Waals surface area contributed by atoms with E-state index in [4.69, 9.17) is 46.4 Å². The van der Waals surface area contributed by atoms with Crippen LogP contribution in [0.5, 0.6) is 17.5 Å². The molecule has 602 valence electrons. The molecule has 14 rings (SSSR count). The molecule has 114 heavy (non-hydrogen) atoms. The van der Waals surface area contributed by atoms with Crippen molar-refractivity contribution in [2.75, 3.05) is 64.7 Å². The van der Waals surface area contributed by atoms with Crippen LogP contribution >= 0.6 is 0 Å². The highest BCUT2D eigenvalue weighted by molar-refractivity contribution is 7.90. The predicted molar refractivity (Wildman–Crippen MR) is 434 cm³/mol. The summed E-state index contributed by atoms with van der Waals surface area (Å²) in [5.41, 5.74) is 21.7. The Morgan fingerprint density at radius 3 is 1.49 bits per heavy atom. The summed E-state index contributed by atoms with van der Waals surface area (Å²) in [5, 5.41) is -0.682. The molecule has 9 N–H and O–H groups in total. The van der Waals surface area contributed by atoms with Crippen LogP contribution in [0.2, 0.25) is 0 Å². The van der Waals surface area contributed by atoms with Gasteiger partial charge in [0.15, 0.2) is 10.1 Å².